The van der Waals surface area contributed by atoms with E-state index in [2.05, 4.69) is 15.9 Å². The molecule has 0 saturated heterocycles. The predicted octanol–water partition coefficient (Wildman–Crippen LogP) is 2.33. The number of hydrogen-bond donors (Lipinski definition) is 5. The quantitative estimate of drug-likeness (QED) is 0.164. The number of likely N-dealkylation sites (N-methyl/N-ethyl adjacent to an activating group) is 1. The van der Waals surface area contributed by atoms with Gasteiger partial charge in [0.15, 0.2) is 11.4 Å². The Morgan fingerprint density at radius 1 is 1.09 bits per heavy atom. The smallest absolute Gasteiger partial charge is 0.311 e. The van der Waals surface area contributed by atoms with Gasteiger partial charge in [0.05, 0.1) is 18.0 Å². The van der Waals surface area contributed by atoms with E-state index in [9.17, 15) is 39.6 Å². The van der Waals surface area contributed by atoms with Crippen molar-refractivity contribution >= 4 is 50.8 Å². The maximum absolute atomic E-state index is 14.1. The molecule has 0 spiro atoms. The Kier molecular flexibility index (Phi) is 8.32. The summed E-state index contributed by atoms with van der Waals surface area (Å²) in [6.45, 7) is 0. The lowest BCUT2D eigenvalue weighted by Crippen LogP contribution is -2.65. The highest BCUT2D eigenvalue weighted by atomic mass is 79.9. The van der Waals surface area contributed by atoms with Crippen LogP contribution in [0.2, 0.25) is 0 Å². The number of phenols is 1. The Labute approximate surface area is 267 Å². The fraction of sp³-hybridized carbons (Fsp3) is 0.375. The minimum atomic E-state index is -2.72. The number of amides is 1. The number of fused-ring (bicyclic) bond motifs is 3. The van der Waals surface area contributed by atoms with Crippen molar-refractivity contribution in [2.45, 2.75) is 37.3 Å². The summed E-state index contributed by atoms with van der Waals surface area (Å²) in [5.41, 5.74) is 2.99. The molecule has 13 heteroatoms. The van der Waals surface area contributed by atoms with Gasteiger partial charge in [-0.15, -0.1) is 0 Å². The first kappa shape index (κ1) is 32.2. The van der Waals surface area contributed by atoms with E-state index in [0.717, 1.165) is 4.47 Å². The number of benzene rings is 2. The molecule has 12 nitrogen and oxygen atoms in total. The molecule has 3 aliphatic rings. The number of aromatic hydroxyl groups is 1. The molecular weight excluding hydrogens is 650 g/mol. The molecule has 0 bridgehead atoms. The highest BCUT2D eigenvalue weighted by Gasteiger charge is 2.64. The maximum Gasteiger partial charge on any atom is 0.311 e. The van der Waals surface area contributed by atoms with Crippen LogP contribution < -0.4 is 15.4 Å². The van der Waals surface area contributed by atoms with E-state index in [1.807, 2.05) is 0 Å². The average molecular weight is 685 g/mol. The number of carbonyl (C=O) groups is 4. The van der Waals surface area contributed by atoms with E-state index in [4.69, 9.17) is 10.5 Å². The largest absolute Gasteiger partial charge is 0.508 e. The fourth-order valence-corrected chi connectivity index (χ4v) is 7.12. The molecule has 4 atom stereocenters. The zero-order chi connectivity index (χ0) is 33.1. The average Bonchev–Trinajstić information content (AvgIpc) is 2.95. The van der Waals surface area contributed by atoms with Gasteiger partial charge in [-0.3, -0.25) is 24.1 Å². The standard InChI is InChI=1S/C32H34BrN3O9/c1-35(2)20-13-14(5-10-21(37)45-17-8-6-16(33)7-9-17)26(38)23-18(20)11-15-12-19-25(36(3)4)28(40)24(31(34)43)30(42)32(19,44)29(41)22(15)27(23)39/h6-9,13,15,19,25,38-39,42,44H,5,10-12H2,1-4H3,(H2,34,43)/t15-,19-,25-,32-/m0/s1. The molecule has 1 amide bonds. The van der Waals surface area contributed by atoms with Crippen molar-refractivity contribution in [3.63, 3.8) is 0 Å². The predicted molar refractivity (Wildman–Crippen MR) is 167 cm³/mol. The maximum atomic E-state index is 14.1. The lowest BCUT2D eigenvalue weighted by Gasteiger charge is -2.50. The zero-order valence-electron chi connectivity index (χ0n) is 25.1. The van der Waals surface area contributed by atoms with Crippen LogP contribution in [0.3, 0.4) is 0 Å². The fourth-order valence-electron chi connectivity index (χ4n) is 6.86. The molecule has 0 heterocycles. The lowest BCUT2D eigenvalue weighted by atomic mass is 9.57. The summed E-state index contributed by atoms with van der Waals surface area (Å²) in [7, 11) is 6.64. The van der Waals surface area contributed by atoms with Crippen LogP contribution in [0.5, 0.6) is 11.5 Å². The van der Waals surface area contributed by atoms with Crippen molar-refractivity contribution in [2.24, 2.45) is 17.6 Å². The van der Waals surface area contributed by atoms with Gasteiger partial charge in [-0.1, -0.05) is 15.9 Å². The molecule has 2 aromatic carbocycles. The summed E-state index contributed by atoms with van der Waals surface area (Å²) < 4.78 is 6.21. The minimum Gasteiger partial charge on any atom is -0.508 e. The number of ether oxygens (including phenoxy) is 1. The van der Waals surface area contributed by atoms with Crippen molar-refractivity contribution in [2.75, 3.05) is 33.1 Å². The number of anilines is 1. The summed E-state index contributed by atoms with van der Waals surface area (Å²) in [6.07, 6.45) is 0.0775. The molecule has 45 heavy (non-hydrogen) atoms. The van der Waals surface area contributed by atoms with Gasteiger partial charge in [0, 0.05) is 35.7 Å². The van der Waals surface area contributed by atoms with Crippen molar-refractivity contribution < 1.29 is 44.3 Å². The van der Waals surface area contributed by atoms with Crippen LogP contribution in [0.15, 0.2) is 51.7 Å². The van der Waals surface area contributed by atoms with Gasteiger partial charge in [0.1, 0.15) is 28.6 Å². The van der Waals surface area contributed by atoms with Crippen molar-refractivity contribution in [1.29, 1.82) is 0 Å². The highest BCUT2D eigenvalue weighted by molar-refractivity contribution is 9.10. The Balaban J connectivity index is 1.57. The van der Waals surface area contributed by atoms with Crippen LogP contribution >= 0.6 is 15.9 Å². The van der Waals surface area contributed by atoms with Gasteiger partial charge in [-0.2, -0.15) is 0 Å². The molecule has 6 N–H and O–H groups in total. The van der Waals surface area contributed by atoms with Crippen LogP contribution in [0.4, 0.5) is 5.69 Å². The third kappa shape index (κ3) is 5.18. The molecule has 0 aromatic heterocycles. The van der Waals surface area contributed by atoms with E-state index in [1.54, 1.807) is 63.4 Å². The summed E-state index contributed by atoms with van der Waals surface area (Å²) in [4.78, 5) is 55.4. The molecule has 1 saturated carbocycles. The van der Waals surface area contributed by atoms with E-state index in [-0.39, 0.29) is 42.6 Å². The van der Waals surface area contributed by atoms with Crippen molar-refractivity contribution in [3.05, 3.63) is 68.4 Å². The van der Waals surface area contributed by atoms with Gasteiger partial charge in [0.25, 0.3) is 5.91 Å². The van der Waals surface area contributed by atoms with Gasteiger partial charge >= 0.3 is 5.97 Å². The number of primary amides is 1. The Morgan fingerprint density at radius 2 is 1.73 bits per heavy atom. The van der Waals surface area contributed by atoms with Crippen LogP contribution in [0, 0.1) is 11.8 Å². The SMILES string of the molecule is CN(C)c1cc(CCC(=O)Oc2ccc(Br)cc2)c(O)c2c1C[C@H]1C[C@H]3[C@H](N(C)C)C(=O)C(C(N)=O)=C(O)[C@@]3(O)C(=O)C1=C2O. The Morgan fingerprint density at radius 3 is 2.31 bits per heavy atom. The number of halogens is 1. The number of aliphatic hydroxyl groups excluding tert-OH is 2. The van der Waals surface area contributed by atoms with Crippen LogP contribution in [-0.4, -0.2) is 88.6 Å². The lowest BCUT2D eigenvalue weighted by molar-refractivity contribution is -0.153. The number of aliphatic hydroxyl groups is 3. The van der Waals surface area contributed by atoms with Crippen LogP contribution in [-0.2, 0) is 32.0 Å². The summed E-state index contributed by atoms with van der Waals surface area (Å²) >= 11 is 3.32. The number of nitrogens with zero attached hydrogens (tertiary/aromatic N) is 2. The molecule has 3 aliphatic carbocycles. The minimum absolute atomic E-state index is 0.0109. The Bertz CT molecular complexity index is 1700. The van der Waals surface area contributed by atoms with E-state index in [0.29, 0.717) is 22.6 Å². The number of phenolic OH excluding ortho intramolecular Hbond substituents is 1. The number of ketones is 2. The van der Waals surface area contributed by atoms with E-state index >= 15 is 0 Å². The normalized spacial score (nSPS) is 24.3. The first-order chi connectivity index (χ1) is 21.1. The summed E-state index contributed by atoms with van der Waals surface area (Å²) in [5, 5.41) is 45.9. The van der Waals surface area contributed by atoms with Gasteiger partial charge in [0.2, 0.25) is 5.78 Å². The second-order valence-electron chi connectivity index (χ2n) is 12.0. The molecule has 2 aromatic rings. The van der Waals surface area contributed by atoms with Gasteiger partial charge in [-0.25, -0.2) is 0 Å². The summed E-state index contributed by atoms with van der Waals surface area (Å²) in [6, 6.07) is 7.26. The first-order valence-corrected chi connectivity index (χ1v) is 15.0. The van der Waals surface area contributed by atoms with Crippen molar-refractivity contribution in [3.8, 4) is 11.5 Å². The highest BCUT2D eigenvalue weighted by Crippen LogP contribution is 2.54. The third-order valence-electron chi connectivity index (χ3n) is 8.90. The number of esters is 1. The van der Waals surface area contributed by atoms with Gasteiger partial charge in [-0.05, 0) is 80.7 Å². The number of Topliss-reactive ketones (excluding diaryl/α,β-unsaturated/α-hetero) is 2. The van der Waals surface area contributed by atoms with Crippen LogP contribution in [0.25, 0.3) is 5.76 Å². The summed E-state index contributed by atoms with van der Waals surface area (Å²) in [5.74, 6) is -7.33. The molecule has 238 valence electrons. The molecular formula is C32H34BrN3O9. The monoisotopic (exact) mass is 683 g/mol. The zero-order valence-corrected chi connectivity index (χ0v) is 26.7. The second kappa shape index (κ2) is 11.6. The topological polar surface area (TPSA) is 191 Å². The molecule has 5 rings (SSSR count). The van der Waals surface area contributed by atoms with E-state index < -0.39 is 64.0 Å². The number of carbonyl (C=O) groups excluding carboxylic acids is 4. The molecule has 0 radical (unpaired) electrons. The van der Waals surface area contributed by atoms with E-state index in [1.165, 1.54) is 4.90 Å². The second-order valence-corrected chi connectivity index (χ2v) is 13.0. The number of aryl methyl sites for hydroxylation is 1. The van der Waals surface area contributed by atoms with Crippen molar-refractivity contribution in [1.82, 2.24) is 4.90 Å². The number of nitrogens with two attached hydrogens (primary N) is 1. The van der Waals surface area contributed by atoms with Gasteiger partial charge < -0.3 is 35.8 Å². The molecule has 1 fully saturated rings. The molecule has 0 unspecified atom stereocenters. The third-order valence-corrected chi connectivity index (χ3v) is 9.43. The Hall–Kier alpha value is -4.20. The first-order valence-electron chi connectivity index (χ1n) is 14.3. The van der Waals surface area contributed by atoms with Crippen LogP contribution in [0.1, 0.15) is 29.5 Å². The molecule has 0 aliphatic heterocycles. The number of hydrogen-bond acceptors (Lipinski definition) is 11. The number of rotatable bonds is 7.